The molecule has 6 nitrogen and oxygen atoms in total. The highest BCUT2D eigenvalue weighted by Gasteiger charge is 2.29. The fraction of sp³-hybridized carbons (Fsp3) is 0.444. The standard InChI is InChI=1S/C9H12FN5O/c1-15-3-2-6(8(15)16)13-7-5(10)4-12-9(11)14-7/h4,6H,2-3H2,1H3,(H3,11,12,13,14). The molecule has 1 atom stereocenters. The van der Waals surface area contributed by atoms with Crippen molar-refractivity contribution in [3.63, 3.8) is 0 Å². The molecule has 1 aliphatic rings. The molecular formula is C9H12FN5O. The molecule has 1 aliphatic heterocycles. The van der Waals surface area contributed by atoms with E-state index in [0.29, 0.717) is 13.0 Å². The smallest absolute Gasteiger partial charge is 0.244 e. The number of likely N-dealkylation sites (tertiary alicyclic amines) is 1. The van der Waals surface area contributed by atoms with Gasteiger partial charge in [-0.25, -0.2) is 9.37 Å². The molecule has 0 aromatic carbocycles. The quantitative estimate of drug-likeness (QED) is 0.730. The first-order valence-electron chi connectivity index (χ1n) is 4.87. The SMILES string of the molecule is CN1CCC(Nc2nc(N)ncc2F)C1=O. The Hall–Kier alpha value is -1.92. The highest BCUT2D eigenvalue weighted by atomic mass is 19.1. The molecule has 3 N–H and O–H groups in total. The zero-order valence-corrected chi connectivity index (χ0v) is 8.77. The second-order valence-corrected chi connectivity index (χ2v) is 3.67. The molecule has 0 aliphatic carbocycles. The predicted octanol–water partition coefficient (Wildman–Crippen LogP) is -0.159. The summed E-state index contributed by atoms with van der Waals surface area (Å²) in [4.78, 5) is 20.4. The summed E-state index contributed by atoms with van der Waals surface area (Å²) in [5, 5.41) is 2.73. The minimum Gasteiger partial charge on any atom is -0.368 e. The van der Waals surface area contributed by atoms with Crippen LogP contribution in [0.4, 0.5) is 16.2 Å². The number of rotatable bonds is 2. The largest absolute Gasteiger partial charge is 0.368 e. The van der Waals surface area contributed by atoms with Gasteiger partial charge in [-0.05, 0) is 6.42 Å². The number of hydrogen-bond donors (Lipinski definition) is 2. The maximum atomic E-state index is 13.3. The normalized spacial score (nSPS) is 20.2. The molecule has 1 unspecified atom stereocenters. The van der Waals surface area contributed by atoms with Gasteiger partial charge in [-0.15, -0.1) is 0 Å². The second kappa shape index (κ2) is 3.92. The summed E-state index contributed by atoms with van der Waals surface area (Å²) >= 11 is 0. The van der Waals surface area contributed by atoms with Gasteiger partial charge in [0.05, 0.1) is 6.20 Å². The fourth-order valence-corrected chi connectivity index (χ4v) is 1.60. The van der Waals surface area contributed by atoms with Crippen LogP contribution < -0.4 is 11.1 Å². The summed E-state index contributed by atoms with van der Waals surface area (Å²) in [5.41, 5.74) is 5.34. The van der Waals surface area contributed by atoms with Gasteiger partial charge < -0.3 is 16.0 Å². The third kappa shape index (κ3) is 1.88. The summed E-state index contributed by atoms with van der Waals surface area (Å²) in [6.45, 7) is 0.651. The lowest BCUT2D eigenvalue weighted by molar-refractivity contribution is -0.127. The summed E-state index contributed by atoms with van der Waals surface area (Å²) < 4.78 is 13.3. The highest BCUT2D eigenvalue weighted by Crippen LogP contribution is 2.17. The van der Waals surface area contributed by atoms with E-state index in [1.165, 1.54) is 0 Å². The van der Waals surface area contributed by atoms with Crippen molar-refractivity contribution in [1.82, 2.24) is 14.9 Å². The number of carbonyl (C=O) groups is 1. The number of nitrogens with two attached hydrogens (primary N) is 1. The van der Waals surface area contributed by atoms with Crippen LogP contribution in [0.3, 0.4) is 0 Å². The monoisotopic (exact) mass is 225 g/mol. The van der Waals surface area contributed by atoms with E-state index in [-0.39, 0.29) is 17.7 Å². The molecule has 1 fully saturated rings. The van der Waals surface area contributed by atoms with Gasteiger partial charge in [-0.1, -0.05) is 0 Å². The molecular weight excluding hydrogens is 213 g/mol. The van der Waals surface area contributed by atoms with Crippen LogP contribution in [-0.4, -0.2) is 40.4 Å². The van der Waals surface area contributed by atoms with Gasteiger partial charge in [0.2, 0.25) is 11.9 Å². The second-order valence-electron chi connectivity index (χ2n) is 3.67. The number of amides is 1. The number of anilines is 2. The number of nitrogens with one attached hydrogen (secondary N) is 1. The van der Waals surface area contributed by atoms with E-state index in [0.717, 1.165) is 6.20 Å². The number of aromatic nitrogens is 2. The zero-order valence-electron chi connectivity index (χ0n) is 8.77. The van der Waals surface area contributed by atoms with Crippen LogP contribution in [0.5, 0.6) is 0 Å². The number of nitrogen functional groups attached to an aromatic ring is 1. The van der Waals surface area contributed by atoms with Crippen molar-refractivity contribution < 1.29 is 9.18 Å². The lowest BCUT2D eigenvalue weighted by Gasteiger charge is -2.13. The molecule has 0 bridgehead atoms. The van der Waals surface area contributed by atoms with Gasteiger partial charge in [0.25, 0.3) is 0 Å². The number of carbonyl (C=O) groups excluding carboxylic acids is 1. The highest BCUT2D eigenvalue weighted by molar-refractivity contribution is 5.86. The van der Waals surface area contributed by atoms with Crippen LogP contribution in [0.15, 0.2) is 6.20 Å². The number of halogens is 1. The Morgan fingerprint density at radius 2 is 2.44 bits per heavy atom. The first-order valence-corrected chi connectivity index (χ1v) is 4.87. The Bertz CT molecular complexity index is 424. The third-order valence-electron chi connectivity index (χ3n) is 2.50. The molecule has 1 amide bonds. The van der Waals surface area contributed by atoms with Crippen LogP contribution in [0.25, 0.3) is 0 Å². The Balaban J connectivity index is 2.15. The average molecular weight is 225 g/mol. The van der Waals surface area contributed by atoms with E-state index in [1.807, 2.05) is 0 Å². The lowest BCUT2D eigenvalue weighted by atomic mass is 10.2. The molecule has 1 aromatic heterocycles. The van der Waals surface area contributed by atoms with Gasteiger partial charge in [-0.3, -0.25) is 4.79 Å². The van der Waals surface area contributed by atoms with Crippen molar-refractivity contribution in [2.45, 2.75) is 12.5 Å². The average Bonchev–Trinajstić information content (AvgIpc) is 2.55. The van der Waals surface area contributed by atoms with Crippen molar-refractivity contribution >= 4 is 17.7 Å². The van der Waals surface area contributed by atoms with Crippen LogP contribution >= 0.6 is 0 Å². The first kappa shape index (κ1) is 10.6. The van der Waals surface area contributed by atoms with Gasteiger partial charge in [0, 0.05) is 13.6 Å². The van der Waals surface area contributed by atoms with Crippen molar-refractivity contribution in [3.8, 4) is 0 Å². The Morgan fingerprint density at radius 3 is 3.06 bits per heavy atom. The summed E-state index contributed by atoms with van der Waals surface area (Å²) in [7, 11) is 1.70. The topological polar surface area (TPSA) is 84.1 Å². The van der Waals surface area contributed by atoms with Crippen LogP contribution in [0.1, 0.15) is 6.42 Å². The maximum absolute atomic E-state index is 13.3. The molecule has 1 saturated heterocycles. The summed E-state index contributed by atoms with van der Waals surface area (Å²) in [6.07, 6.45) is 1.60. The Labute approximate surface area is 91.7 Å². The van der Waals surface area contributed by atoms with E-state index in [1.54, 1.807) is 11.9 Å². The molecule has 16 heavy (non-hydrogen) atoms. The van der Waals surface area contributed by atoms with Gasteiger partial charge in [0.15, 0.2) is 11.6 Å². The lowest BCUT2D eigenvalue weighted by Crippen LogP contribution is -2.31. The molecule has 1 aromatic rings. The molecule has 86 valence electrons. The van der Waals surface area contributed by atoms with E-state index < -0.39 is 11.9 Å². The number of hydrogen-bond acceptors (Lipinski definition) is 5. The summed E-state index contributed by atoms with van der Waals surface area (Å²) in [6, 6.07) is -0.436. The fourth-order valence-electron chi connectivity index (χ4n) is 1.60. The van der Waals surface area contributed by atoms with Crippen molar-refractivity contribution in [3.05, 3.63) is 12.0 Å². The predicted molar refractivity (Wildman–Crippen MR) is 56.1 cm³/mol. The van der Waals surface area contributed by atoms with Crippen LogP contribution in [0.2, 0.25) is 0 Å². The molecule has 2 rings (SSSR count). The number of likely N-dealkylation sites (N-methyl/N-ethyl adjacent to an activating group) is 1. The van der Waals surface area contributed by atoms with Crippen LogP contribution in [0, 0.1) is 5.82 Å². The minimum atomic E-state index is -0.614. The van der Waals surface area contributed by atoms with Gasteiger partial charge in [0.1, 0.15) is 6.04 Å². The van der Waals surface area contributed by atoms with Crippen molar-refractivity contribution in [1.29, 1.82) is 0 Å². The van der Waals surface area contributed by atoms with Crippen LogP contribution in [-0.2, 0) is 4.79 Å². The zero-order chi connectivity index (χ0) is 11.7. The molecule has 7 heteroatoms. The van der Waals surface area contributed by atoms with E-state index in [4.69, 9.17) is 5.73 Å². The van der Waals surface area contributed by atoms with E-state index in [2.05, 4.69) is 15.3 Å². The minimum absolute atomic E-state index is 0.0253. The summed E-state index contributed by atoms with van der Waals surface area (Å²) in [5.74, 6) is -0.739. The molecule has 2 heterocycles. The van der Waals surface area contributed by atoms with Crippen molar-refractivity contribution in [2.75, 3.05) is 24.6 Å². The van der Waals surface area contributed by atoms with Gasteiger partial charge >= 0.3 is 0 Å². The molecule has 0 radical (unpaired) electrons. The molecule has 0 saturated carbocycles. The van der Waals surface area contributed by atoms with Gasteiger partial charge in [-0.2, -0.15) is 4.98 Å². The van der Waals surface area contributed by atoms with E-state index >= 15 is 0 Å². The Kier molecular flexibility index (Phi) is 2.59. The third-order valence-corrected chi connectivity index (χ3v) is 2.50. The van der Waals surface area contributed by atoms with E-state index in [9.17, 15) is 9.18 Å². The van der Waals surface area contributed by atoms with Crippen molar-refractivity contribution in [2.24, 2.45) is 0 Å². The molecule has 0 spiro atoms. The number of nitrogens with zero attached hydrogens (tertiary/aromatic N) is 3. The Morgan fingerprint density at radius 1 is 1.69 bits per heavy atom. The maximum Gasteiger partial charge on any atom is 0.244 e. The first-order chi connectivity index (χ1) is 7.58.